The van der Waals surface area contributed by atoms with Crippen molar-refractivity contribution in [1.29, 1.82) is 0 Å². The van der Waals surface area contributed by atoms with Crippen LogP contribution in [0.5, 0.6) is 0 Å². The number of halogens is 3. The number of aromatic nitrogens is 4. The average Bonchev–Trinajstić information content (AvgIpc) is 3.14. The van der Waals surface area contributed by atoms with Crippen LogP contribution in [-0.2, 0) is 12.7 Å². The fourth-order valence-corrected chi connectivity index (χ4v) is 7.45. The van der Waals surface area contributed by atoms with Gasteiger partial charge in [0.25, 0.3) is 0 Å². The van der Waals surface area contributed by atoms with Gasteiger partial charge in [-0.15, -0.1) is 5.10 Å². The minimum atomic E-state index is -4.32. The molecule has 3 aromatic rings. The molecule has 178 valence electrons. The van der Waals surface area contributed by atoms with Gasteiger partial charge in [-0.2, -0.15) is 22.5 Å². The van der Waals surface area contributed by atoms with E-state index >= 15 is 0 Å². The standard InChI is InChI=1S/C24H25F3N6S/c1-13-9-19(34-31-13)32-11-18-20(17-10-23(17,18)12-32)28-22-29-21-16(3-2-8-33(21)30-22)14-4-6-15(7-5-14)24(25,26)27/h4-7,9,16-18,20H,2-3,8,10-12H2,1H3,(H,28,30)/t16?,17?,18-,20+,23?/m0/s1. The number of rotatable bonds is 4. The largest absolute Gasteiger partial charge is 0.416 e. The van der Waals surface area contributed by atoms with Crippen LogP contribution < -0.4 is 10.2 Å². The van der Waals surface area contributed by atoms with Crippen LogP contribution >= 0.6 is 11.5 Å². The van der Waals surface area contributed by atoms with Gasteiger partial charge in [-0.05, 0) is 72.8 Å². The summed E-state index contributed by atoms with van der Waals surface area (Å²) < 4.78 is 45.3. The second-order valence-corrected chi connectivity index (χ2v) is 11.1. The van der Waals surface area contributed by atoms with Gasteiger partial charge in [0.05, 0.1) is 11.3 Å². The molecule has 0 radical (unpaired) electrons. The second-order valence-electron chi connectivity index (χ2n) is 10.3. The Morgan fingerprint density at radius 1 is 1.18 bits per heavy atom. The van der Waals surface area contributed by atoms with Gasteiger partial charge in [0, 0.05) is 37.5 Å². The first-order chi connectivity index (χ1) is 16.3. The number of aryl methyl sites for hydroxylation is 2. The lowest BCUT2D eigenvalue weighted by molar-refractivity contribution is -0.137. The quantitative estimate of drug-likeness (QED) is 0.567. The SMILES string of the molecule is Cc1cc(N2C[C@H]3[C@H](Nc4nc5n(n4)CCCC5c4ccc(C(F)(F)F)cc4)C4CC43C2)sn1. The molecule has 1 aromatic carbocycles. The highest BCUT2D eigenvalue weighted by atomic mass is 32.1. The van der Waals surface area contributed by atoms with E-state index in [1.165, 1.54) is 23.6 Å². The topological polar surface area (TPSA) is 58.9 Å². The van der Waals surface area contributed by atoms with Gasteiger partial charge in [-0.3, -0.25) is 0 Å². The molecule has 3 unspecified atom stereocenters. The van der Waals surface area contributed by atoms with E-state index in [0.29, 0.717) is 29.2 Å². The van der Waals surface area contributed by atoms with Gasteiger partial charge in [0.1, 0.15) is 10.8 Å². The summed E-state index contributed by atoms with van der Waals surface area (Å²) in [6.45, 7) is 4.99. The minimum absolute atomic E-state index is 0.0305. The molecule has 2 aliphatic heterocycles. The molecule has 3 fully saturated rings. The third-order valence-corrected chi connectivity index (χ3v) is 9.37. The van der Waals surface area contributed by atoms with E-state index in [9.17, 15) is 13.2 Å². The van der Waals surface area contributed by atoms with Crippen molar-refractivity contribution in [1.82, 2.24) is 19.1 Å². The lowest BCUT2D eigenvalue weighted by Crippen LogP contribution is -2.47. The maximum absolute atomic E-state index is 13.0. The fourth-order valence-electron chi connectivity index (χ4n) is 6.68. The Hall–Kier alpha value is -2.62. The van der Waals surface area contributed by atoms with Gasteiger partial charge >= 0.3 is 6.18 Å². The van der Waals surface area contributed by atoms with Crippen LogP contribution in [-0.4, -0.2) is 38.3 Å². The summed E-state index contributed by atoms with van der Waals surface area (Å²) in [5.41, 5.74) is 1.77. The second kappa shape index (κ2) is 6.96. The highest BCUT2D eigenvalue weighted by Gasteiger charge is 2.76. The summed E-state index contributed by atoms with van der Waals surface area (Å²) in [6, 6.07) is 8.07. The van der Waals surface area contributed by atoms with Crippen molar-refractivity contribution < 1.29 is 13.2 Å². The molecule has 10 heteroatoms. The number of fused-ring (bicyclic) bond motifs is 1. The maximum atomic E-state index is 13.0. The molecule has 4 aliphatic rings. The van der Waals surface area contributed by atoms with Gasteiger partial charge in [-0.25, -0.2) is 4.68 Å². The first-order valence-electron chi connectivity index (χ1n) is 11.9. The number of anilines is 2. The number of hydrogen-bond donors (Lipinski definition) is 1. The first kappa shape index (κ1) is 20.7. The van der Waals surface area contributed by atoms with E-state index in [-0.39, 0.29) is 5.92 Å². The van der Waals surface area contributed by atoms with E-state index in [4.69, 9.17) is 10.1 Å². The molecule has 2 aromatic heterocycles. The van der Waals surface area contributed by atoms with E-state index in [2.05, 4.69) is 20.7 Å². The third-order valence-electron chi connectivity index (χ3n) is 8.42. The number of benzene rings is 1. The molecule has 2 saturated carbocycles. The van der Waals surface area contributed by atoms with Crippen LogP contribution in [0.15, 0.2) is 30.3 Å². The summed E-state index contributed by atoms with van der Waals surface area (Å²) in [5.74, 6) is 2.74. The predicted molar refractivity (Wildman–Crippen MR) is 123 cm³/mol. The molecule has 34 heavy (non-hydrogen) atoms. The lowest BCUT2D eigenvalue weighted by atomic mass is 9.71. The zero-order valence-corrected chi connectivity index (χ0v) is 19.5. The van der Waals surface area contributed by atoms with Crippen molar-refractivity contribution in [2.45, 2.75) is 50.9 Å². The highest BCUT2D eigenvalue weighted by molar-refractivity contribution is 7.10. The Kier molecular flexibility index (Phi) is 4.24. The van der Waals surface area contributed by atoms with Crippen LogP contribution in [0.3, 0.4) is 0 Å². The van der Waals surface area contributed by atoms with Crippen molar-refractivity contribution in [3.63, 3.8) is 0 Å². The van der Waals surface area contributed by atoms with Gasteiger partial charge in [-0.1, -0.05) is 12.1 Å². The van der Waals surface area contributed by atoms with Crippen molar-refractivity contribution in [2.75, 3.05) is 23.3 Å². The zero-order valence-electron chi connectivity index (χ0n) is 18.7. The number of nitrogens with zero attached hydrogens (tertiary/aromatic N) is 5. The van der Waals surface area contributed by atoms with Gasteiger partial charge in [0.2, 0.25) is 5.95 Å². The van der Waals surface area contributed by atoms with Crippen LogP contribution in [0.4, 0.5) is 24.1 Å². The number of hydrogen-bond acceptors (Lipinski definition) is 6. The van der Waals surface area contributed by atoms with Crippen LogP contribution in [0, 0.1) is 24.2 Å². The van der Waals surface area contributed by atoms with Crippen molar-refractivity contribution in [3.05, 3.63) is 53.0 Å². The molecule has 1 N–H and O–H groups in total. The number of nitrogens with one attached hydrogen (secondary N) is 1. The van der Waals surface area contributed by atoms with Gasteiger partial charge < -0.3 is 10.2 Å². The summed E-state index contributed by atoms with van der Waals surface area (Å²) in [7, 11) is 0. The van der Waals surface area contributed by atoms with Crippen molar-refractivity contribution in [3.8, 4) is 0 Å². The van der Waals surface area contributed by atoms with Crippen molar-refractivity contribution in [2.24, 2.45) is 17.3 Å². The molecule has 5 atom stereocenters. The molecular weight excluding hydrogens is 461 g/mol. The van der Waals surface area contributed by atoms with Crippen molar-refractivity contribution >= 4 is 22.5 Å². The van der Waals surface area contributed by atoms with E-state index < -0.39 is 11.7 Å². The van der Waals surface area contributed by atoms with Crippen LogP contribution in [0.25, 0.3) is 0 Å². The summed E-state index contributed by atoms with van der Waals surface area (Å²) >= 11 is 1.58. The van der Waals surface area contributed by atoms with Crippen LogP contribution in [0.2, 0.25) is 0 Å². The van der Waals surface area contributed by atoms with E-state index in [0.717, 1.165) is 49.6 Å². The van der Waals surface area contributed by atoms with Gasteiger partial charge in [0.15, 0.2) is 0 Å². The Labute approximate surface area is 199 Å². The summed E-state index contributed by atoms with van der Waals surface area (Å²) in [4.78, 5) is 7.33. The van der Waals surface area contributed by atoms with E-state index in [1.54, 1.807) is 23.7 Å². The zero-order chi connectivity index (χ0) is 23.2. The Morgan fingerprint density at radius 2 is 2.00 bits per heavy atom. The molecular formula is C24H25F3N6S. The highest BCUT2D eigenvalue weighted by Crippen LogP contribution is 2.74. The Morgan fingerprint density at radius 3 is 2.74 bits per heavy atom. The molecule has 1 saturated heterocycles. The molecule has 0 amide bonds. The third kappa shape index (κ3) is 3.03. The summed E-state index contributed by atoms with van der Waals surface area (Å²) in [5, 5.41) is 9.65. The monoisotopic (exact) mass is 486 g/mol. The summed E-state index contributed by atoms with van der Waals surface area (Å²) in [6.07, 6.45) is -1.27. The molecule has 2 aliphatic carbocycles. The minimum Gasteiger partial charge on any atom is -0.361 e. The number of alkyl halides is 3. The Bertz CT molecular complexity index is 1250. The van der Waals surface area contributed by atoms with E-state index in [1.807, 2.05) is 11.6 Å². The lowest BCUT2D eigenvalue weighted by Gasteiger charge is -2.38. The molecule has 7 rings (SSSR count). The molecule has 6 nitrogen and oxygen atoms in total. The molecule has 0 bridgehead atoms. The van der Waals surface area contributed by atoms with Crippen LogP contribution in [0.1, 0.15) is 47.8 Å². The molecule has 1 spiro atoms. The first-order valence-corrected chi connectivity index (χ1v) is 12.7. The predicted octanol–water partition coefficient (Wildman–Crippen LogP) is 4.92. The average molecular weight is 487 g/mol. The smallest absolute Gasteiger partial charge is 0.361 e. The maximum Gasteiger partial charge on any atom is 0.416 e. The molecule has 4 heterocycles. The fraction of sp³-hybridized carbons (Fsp3) is 0.542. The normalized spacial score (nSPS) is 31.5. The Balaban J connectivity index is 1.09.